The standard InChI is InChI=1S/C18H18N4O2/c1-11-7-12(2)16(13(3)8-11)21-15(23)9-22-10-20-17-14(18(22)24)5-4-6-19-17/h4-8,10H,9H2,1-3H3,(H,21,23). The van der Waals surface area contributed by atoms with Gasteiger partial charge in [0.25, 0.3) is 5.56 Å². The highest BCUT2D eigenvalue weighted by Gasteiger charge is 2.11. The van der Waals surface area contributed by atoms with E-state index in [9.17, 15) is 9.59 Å². The van der Waals surface area contributed by atoms with Gasteiger partial charge in [0.2, 0.25) is 5.91 Å². The Morgan fingerprint density at radius 3 is 2.58 bits per heavy atom. The van der Waals surface area contributed by atoms with E-state index in [1.54, 1.807) is 18.3 Å². The summed E-state index contributed by atoms with van der Waals surface area (Å²) >= 11 is 0. The summed E-state index contributed by atoms with van der Waals surface area (Å²) in [6.45, 7) is 5.82. The highest BCUT2D eigenvalue weighted by molar-refractivity contribution is 5.92. The van der Waals surface area contributed by atoms with Gasteiger partial charge in [-0.25, -0.2) is 9.97 Å². The molecule has 3 aromatic rings. The number of nitrogens with zero attached hydrogens (tertiary/aromatic N) is 3. The van der Waals surface area contributed by atoms with Crippen molar-refractivity contribution in [1.82, 2.24) is 14.5 Å². The van der Waals surface area contributed by atoms with E-state index in [0.29, 0.717) is 11.0 Å². The summed E-state index contributed by atoms with van der Waals surface area (Å²) in [4.78, 5) is 32.9. The van der Waals surface area contributed by atoms with Crippen molar-refractivity contribution in [3.05, 3.63) is 63.8 Å². The number of hydrogen-bond donors (Lipinski definition) is 1. The highest BCUT2D eigenvalue weighted by Crippen LogP contribution is 2.21. The fourth-order valence-corrected chi connectivity index (χ4v) is 2.82. The van der Waals surface area contributed by atoms with Crippen molar-refractivity contribution in [2.75, 3.05) is 5.32 Å². The zero-order chi connectivity index (χ0) is 17.3. The number of rotatable bonds is 3. The zero-order valence-electron chi connectivity index (χ0n) is 13.8. The van der Waals surface area contributed by atoms with E-state index in [4.69, 9.17) is 0 Å². The van der Waals surface area contributed by atoms with Gasteiger partial charge in [0.05, 0.1) is 5.39 Å². The topological polar surface area (TPSA) is 76.9 Å². The first-order chi connectivity index (χ1) is 11.5. The number of pyridine rings is 1. The molecular weight excluding hydrogens is 304 g/mol. The van der Waals surface area contributed by atoms with Gasteiger partial charge < -0.3 is 5.32 Å². The van der Waals surface area contributed by atoms with Crippen LogP contribution < -0.4 is 10.9 Å². The smallest absolute Gasteiger partial charge is 0.263 e. The van der Waals surface area contributed by atoms with Crippen LogP contribution in [0.4, 0.5) is 5.69 Å². The second kappa shape index (κ2) is 6.23. The van der Waals surface area contributed by atoms with E-state index >= 15 is 0 Å². The van der Waals surface area contributed by atoms with Gasteiger partial charge in [-0.3, -0.25) is 14.2 Å². The molecule has 0 saturated heterocycles. The van der Waals surface area contributed by atoms with E-state index in [2.05, 4.69) is 15.3 Å². The normalized spacial score (nSPS) is 10.8. The van der Waals surface area contributed by atoms with E-state index < -0.39 is 0 Å². The highest BCUT2D eigenvalue weighted by atomic mass is 16.2. The van der Waals surface area contributed by atoms with Crippen LogP contribution in [0.15, 0.2) is 41.6 Å². The predicted octanol–water partition coefficient (Wildman–Crippen LogP) is 2.36. The van der Waals surface area contributed by atoms with Crippen molar-refractivity contribution >= 4 is 22.6 Å². The summed E-state index contributed by atoms with van der Waals surface area (Å²) in [7, 11) is 0. The quantitative estimate of drug-likeness (QED) is 0.803. The first-order valence-corrected chi connectivity index (χ1v) is 7.63. The summed E-state index contributed by atoms with van der Waals surface area (Å²) < 4.78 is 1.29. The van der Waals surface area contributed by atoms with E-state index in [1.165, 1.54) is 10.9 Å². The summed E-state index contributed by atoms with van der Waals surface area (Å²) in [5, 5.41) is 3.29. The predicted molar refractivity (Wildman–Crippen MR) is 93.1 cm³/mol. The van der Waals surface area contributed by atoms with E-state index in [-0.39, 0.29) is 18.0 Å². The SMILES string of the molecule is Cc1cc(C)c(NC(=O)Cn2cnc3ncccc3c2=O)c(C)c1. The maximum absolute atomic E-state index is 12.4. The number of carbonyl (C=O) groups is 1. The number of fused-ring (bicyclic) bond motifs is 1. The second-order valence-electron chi connectivity index (χ2n) is 5.87. The van der Waals surface area contributed by atoms with Crippen molar-refractivity contribution in [1.29, 1.82) is 0 Å². The second-order valence-corrected chi connectivity index (χ2v) is 5.87. The lowest BCUT2D eigenvalue weighted by Gasteiger charge is -2.13. The molecule has 6 heteroatoms. The van der Waals surface area contributed by atoms with E-state index in [0.717, 1.165) is 22.4 Å². The Balaban J connectivity index is 1.86. The van der Waals surface area contributed by atoms with Crippen LogP contribution in [-0.4, -0.2) is 20.4 Å². The summed E-state index contributed by atoms with van der Waals surface area (Å²) in [5.41, 5.74) is 4.02. The lowest BCUT2D eigenvalue weighted by Crippen LogP contribution is -2.28. The van der Waals surface area contributed by atoms with Crippen LogP contribution in [0.5, 0.6) is 0 Å². The van der Waals surface area contributed by atoms with Crippen molar-refractivity contribution in [2.45, 2.75) is 27.3 Å². The minimum atomic E-state index is -0.277. The number of amides is 1. The molecule has 2 heterocycles. The monoisotopic (exact) mass is 322 g/mol. The minimum Gasteiger partial charge on any atom is -0.324 e. The molecule has 1 aromatic carbocycles. The van der Waals surface area contributed by atoms with Crippen LogP contribution in [0.3, 0.4) is 0 Å². The third-order valence-electron chi connectivity index (χ3n) is 3.85. The van der Waals surface area contributed by atoms with Gasteiger partial charge in [-0.05, 0) is 44.0 Å². The molecule has 0 unspecified atom stereocenters. The fraction of sp³-hybridized carbons (Fsp3) is 0.222. The number of benzene rings is 1. The maximum atomic E-state index is 12.4. The molecule has 0 aliphatic carbocycles. The lowest BCUT2D eigenvalue weighted by atomic mass is 10.1. The molecule has 0 aliphatic heterocycles. The maximum Gasteiger partial charge on any atom is 0.263 e. The zero-order valence-corrected chi connectivity index (χ0v) is 13.8. The molecule has 0 spiro atoms. The van der Waals surface area contributed by atoms with Crippen LogP contribution >= 0.6 is 0 Å². The number of aromatic nitrogens is 3. The molecule has 1 amide bonds. The Hall–Kier alpha value is -3.02. The summed E-state index contributed by atoms with van der Waals surface area (Å²) in [6, 6.07) is 7.35. The molecule has 122 valence electrons. The Morgan fingerprint density at radius 2 is 1.88 bits per heavy atom. The molecule has 24 heavy (non-hydrogen) atoms. The number of hydrogen-bond acceptors (Lipinski definition) is 4. The molecular formula is C18H18N4O2. The molecule has 3 rings (SSSR count). The molecule has 0 aliphatic rings. The van der Waals surface area contributed by atoms with E-state index in [1.807, 2.05) is 32.9 Å². The van der Waals surface area contributed by atoms with Gasteiger partial charge in [-0.15, -0.1) is 0 Å². The van der Waals surface area contributed by atoms with Gasteiger partial charge in [0, 0.05) is 11.9 Å². The van der Waals surface area contributed by atoms with Gasteiger partial charge in [0.1, 0.15) is 12.9 Å². The molecule has 0 saturated carbocycles. The third kappa shape index (κ3) is 3.03. The number of carbonyl (C=O) groups excluding carboxylic acids is 1. The average molecular weight is 322 g/mol. The molecule has 0 radical (unpaired) electrons. The van der Waals surface area contributed by atoms with Crippen molar-refractivity contribution in [2.24, 2.45) is 0 Å². The third-order valence-corrected chi connectivity index (χ3v) is 3.85. The molecule has 0 bridgehead atoms. The van der Waals surface area contributed by atoms with Crippen LogP contribution in [0, 0.1) is 20.8 Å². The number of aryl methyl sites for hydroxylation is 3. The molecule has 6 nitrogen and oxygen atoms in total. The fourth-order valence-electron chi connectivity index (χ4n) is 2.82. The first-order valence-electron chi connectivity index (χ1n) is 7.63. The Labute approximate surface area is 139 Å². The Bertz CT molecular complexity index is 969. The molecule has 2 aromatic heterocycles. The number of nitrogens with one attached hydrogen (secondary N) is 1. The average Bonchev–Trinajstić information content (AvgIpc) is 2.54. The van der Waals surface area contributed by atoms with Crippen LogP contribution in [0.1, 0.15) is 16.7 Å². The number of anilines is 1. The van der Waals surface area contributed by atoms with Crippen LogP contribution in [0.2, 0.25) is 0 Å². The minimum absolute atomic E-state index is 0.0938. The molecule has 0 atom stereocenters. The van der Waals surface area contributed by atoms with Gasteiger partial charge >= 0.3 is 0 Å². The Morgan fingerprint density at radius 1 is 1.17 bits per heavy atom. The molecule has 0 fully saturated rings. The largest absolute Gasteiger partial charge is 0.324 e. The van der Waals surface area contributed by atoms with Gasteiger partial charge in [-0.2, -0.15) is 0 Å². The van der Waals surface area contributed by atoms with Gasteiger partial charge in [-0.1, -0.05) is 17.7 Å². The van der Waals surface area contributed by atoms with Crippen LogP contribution in [0.25, 0.3) is 11.0 Å². The first kappa shape index (κ1) is 15.9. The van der Waals surface area contributed by atoms with Crippen molar-refractivity contribution in [3.8, 4) is 0 Å². The summed E-state index contributed by atoms with van der Waals surface area (Å²) in [6.07, 6.45) is 2.93. The molecule has 1 N–H and O–H groups in total. The van der Waals surface area contributed by atoms with Crippen molar-refractivity contribution < 1.29 is 4.79 Å². The van der Waals surface area contributed by atoms with Crippen molar-refractivity contribution in [3.63, 3.8) is 0 Å². The summed E-state index contributed by atoms with van der Waals surface area (Å²) in [5.74, 6) is -0.266. The Kier molecular flexibility index (Phi) is 4.12. The van der Waals surface area contributed by atoms with Gasteiger partial charge in [0.15, 0.2) is 5.65 Å². The van der Waals surface area contributed by atoms with Crippen LogP contribution in [-0.2, 0) is 11.3 Å². The lowest BCUT2D eigenvalue weighted by molar-refractivity contribution is -0.116.